The lowest BCUT2D eigenvalue weighted by Gasteiger charge is -2.46. The molecular formula is C17H30N2O2. The third-order valence-electron chi connectivity index (χ3n) is 5.53. The lowest BCUT2D eigenvalue weighted by atomic mass is 9.74. The van der Waals surface area contributed by atoms with Gasteiger partial charge in [-0.15, -0.1) is 0 Å². The molecular weight excluding hydrogens is 264 g/mol. The van der Waals surface area contributed by atoms with Gasteiger partial charge < -0.3 is 10.2 Å². The number of amides is 2. The highest BCUT2D eigenvalue weighted by Crippen LogP contribution is 2.38. The van der Waals surface area contributed by atoms with Crippen LogP contribution in [0.4, 0.5) is 0 Å². The minimum Gasteiger partial charge on any atom is -0.342 e. The summed E-state index contributed by atoms with van der Waals surface area (Å²) in [4.78, 5) is 27.0. The number of hydrogen-bond acceptors (Lipinski definition) is 2. The van der Waals surface area contributed by atoms with Gasteiger partial charge in [-0.25, -0.2) is 0 Å². The maximum atomic E-state index is 12.9. The van der Waals surface area contributed by atoms with E-state index in [1.165, 1.54) is 0 Å². The minimum atomic E-state index is -0.339. The fourth-order valence-electron chi connectivity index (χ4n) is 3.59. The van der Waals surface area contributed by atoms with Gasteiger partial charge in [0.2, 0.25) is 11.8 Å². The molecule has 1 N–H and O–H groups in total. The molecule has 0 aromatic heterocycles. The fraction of sp³-hybridized carbons (Fsp3) is 0.882. The van der Waals surface area contributed by atoms with E-state index in [1.54, 1.807) is 0 Å². The fourth-order valence-corrected chi connectivity index (χ4v) is 3.59. The van der Waals surface area contributed by atoms with Gasteiger partial charge in [0.15, 0.2) is 0 Å². The monoisotopic (exact) mass is 294 g/mol. The lowest BCUT2D eigenvalue weighted by molar-refractivity contribution is -0.154. The van der Waals surface area contributed by atoms with Crippen LogP contribution in [0, 0.1) is 11.3 Å². The second-order valence-corrected chi connectivity index (χ2v) is 7.69. The molecule has 2 amide bonds. The molecule has 3 atom stereocenters. The predicted molar refractivity (Wildman–Crippen MR) is 83.7 cm³/mol. The molecule has 1 saturated carbocycles. The second kappa shape index (κ2) is 5.98. The maximum Gasteiger partial charge on any atom is 0.246 e. The molecule has 0 aromatic carbocycles. The van der Waals surface area contributed by atoms with Crippen LogP contribution in [-0.4, -0.2) is 34.8 Å². The second-order valence-electron chi connectivity index (χ2n) is 7.69. The third-order valence-corrected chi connectivity index (χ3v) is 5.53. The molecule has 0 bridgehead atoms. The van der Waals surface area contributed by atoms with Crippen LogP contribution in [0.5, 0.6) is 0 Å². The van der Waals surface area contributed by atoms with Crippen LogP contribution in [0.2, 0.25) is 0 Å². The first-order chi connectivity index (χ1) is 9.76. The van der Waals surface area contributed by atoms with E-state index < -0.39 is 0 Å². The number of carbonyl (C=O) groups is 2. The average molecular weight is 294 g/mol. The van der Waals surface area contributed by atoms with Gasteiger partial charge in [-0.1, -0.05) is 34.1 Å². The molecule has 120 valence electrons. The van der Waals surface area contributed by atoms with Gasteiger partial charge in [0.05, 0.1) is 0 Å². The summed E-state index contributed by atoms with van der Waals surface area (Å²) in [6.07, 6.45) is 5.19. The van der Waals surface area contributed by atoms with Crippen molar-refractivity contribution in [3.05, 3.63) is 0 Å². The molecule has 1 saturated heterocycles. The zero-order valence-corrected chi connectivity index (χ0v) is 14.1. The van der Waals surface area contributed by atoms with E-state index in [9.17, 15) is 9.59 Å². The number of hydrogen-bond donors (Lipinski definition) is 1. The average Bonchev–Trinajstić information content (AvgIpc) is 2.44. The summed E-state index contributed by atoms with van der Waals surface area (Å²) in [5.41, 5.74) is 0.372. The van der Waals surface area contributed by atoms with Crippen molar-refractivity contribution in [1.82, 2.24) is 10.2 Å². The molecule has 0 spiro atoms. The summed E-state index contributed by atoms with van der Waals surface area (Å²) in [5, 5.41) is 2.92. The van der Waals surface area contributed by atoms with Gasteiger partial charge in [-0.05, 0) is 43.9 Å². The Morgan fingerprint density at radius 3 is 2.38 bits per heavy atom. The zero-order chi connectivity index (χ0) is 15.8. The van der Waals surface area contributed by atoms with E-state index in [4.69, 9.17) is 0 Å². The van der Waals surface area contributed by atoms with Crippen molar-refractivity contribution in [1.29, 1.82) is 0 Å². The molecule has 3 unspecified atom stereocenters. The summed E-state index contributed by atoms with van der Waals surface area (Å²) < 4.78 is 0. The van der Waals surface area contributed by atoms with Gasteiger partial charge in [0, 0.05) is 6.04 Å². The Kier molecular flexibility index (Phi) is 4.64. The van der Waals surface area contributed by atoms with Crippen molar-refractivity contribution in [2.24, 2.45) is 11.3 Å². The predicted octanol–water partition coefficient (Wildman–Crippen LogP) is 2.72. The Labute approximate surface area is 128 Å². The van der Waals surface area contributed by atoms with Gasteiger partial charge in [-0.2, -0.15) is 0 Å². The summed E-state index contributed by atoms with van der Waals surface area (Å²) >= 11 is 0. The van der Waals surface area contributed by atoms with Crippen molar-refractivity contribution >= 4 is 11.8 Å². The van der Waals surface area contributed by atoms with E-state index in [-0.39, 0.29) is 35.9 Å². The lowest BCUT2D eigenvalue weighted by Crippen LogP contribution is -2.66. The van der Waals surface area contributed by atoms with Crippen molar-refractivity contribution in [2.45, 2.75) is 84.8 Å². The van der Waals surface area contributed by atoms with Crippen LogP contribution in [0.15, 0.2) is 0 Å². The highest BCUT2D eigenvalue weighted by molar-refractivity contribution is 5.97. The van der Waals surface area contributed by atoms with E-state index in [1.807, 2.05) is 18.7 Å². The van der Waals surface area contributed by atoms with Gasteiger partial charge in [-0.3, -0.25) is 9.59 Å². The van der Waals surface area contributed by atoms with E-state index in [0.29, 0.717) is 5.41 Å². The largest absolute Gasteiger partial charge is 0.342 e. The maximum absolute atomic E-state index is 12.9. The highest BCUT2D eigenvalue weighted by atomic mass is 16.2. The van der Waals surface area contributed by atoms with Crippen molar-refractivity contribution in [3.63, 3.8) is 0 Å². The molecule has 4 nitrogen and oxygen atoms in total. The van der Waals surface area contributed by atoms with E-state index in [0.717, 1.165) is 32.1 Å². The molecule has 1 aliphatic carbocycles. The molecule has 21 heavy (non-hydrogen) atoms. The standard InChI is InChI=1S/C17H30N2O2/c1-6-11(2)14-16(21)19(12(3)15(20)18-14)13-7-9-17(4,5)10-8-13/h11-14H,6-10H2,1-5H3,(H,18,20). The number of piperazine rings is 1. The molecule has 2 rings (SSSR count). The zero-order valence-electron chi connectivity index (χ0n) is 14.1. The summed E-state index contributed by atoms with van der Waals surface area (Å²) in [5.74, 6) is 0.322. The van der Waals surface area contributed by atoms with E-state index in [2.05, 4.69) is 26.1 Å². The minimum absolute atomic E-state index is 0.00438. The van der Waals surface area contributed by atoms with E-state index >= 15 is 0 Å². The first kappa shape index (κ1) is 16.3. The summed E-state index contributed by atoms with van der Waals surface area (Å²) in [6, 6.07) is -0.434. The van der Waals surface area contributed by atoms with Crippen LogP contribution in [0.1, 0.15) is 66.7 Å². The SMILES string of the molecule is CCC(C)C1NC(=O)C(C)N(C2CCC(C)(C)CC2)C1=O. The van der Waals surface area contributed by atoms with Crippen molar-refractivity contribution in [3.8, 4) is 0 Å². The first-order valence-electron chi connectivity index (χ1n) is 8.39. The van der Waals surface area contributed by atoms with Crippen molar-refractivity contribution < 1.29 is 9.59 Å². The summed E-state index contributed by atoms with van der Waals surface area (Å²) in [6.45, 7) is 10.6. The molecule has 2 fully saturated rings. The Balaban J connectivity index is 2.16. The summed E-state index contributed by atoms with van der Waals surface area (Å²) in [7, 11) is 0. The molecule has 1 aliphatic heterocycles. The quantitative estimate of drug-likeness (QED) is 0.870. The Morgan fingerprint density at radius 2 is 1.86 bits per heavy atom. The topological polar surface area (TPSA) is 49.4 Å². The molecule has 2 aliphatic rings. The number of nitrogens with one attached hydrogen (secondary N) is 1. The first-order valence-corrected chi connectivity index (χ1v) is 8.39. The third kappa shape index (κ3) is 3.24. The highest BCUT2D eigenvalue weighted by Gasteiger charge is 2.44. The smallest absolute Gasteiger partial charge is 0.246 e. The number of carbonyl (C=O) groups excluding carboxylic acids is 2. The number of nitrogens with zero attached hydrogens (tertiary/aromatic N) is 1. The van der Waals surface area contributed by atoms with Gasteiger partial charge in [0.25, 0.3) is 0 Å². The Hall–Kier alpha value is -1.06. The molecule has 4 heteroatoms. The van der Waals surface area contributed by atoms with Gasteiger partial charge >= 0.3 is 0 Å². The van der Waals surface area contributed by atoms with Crippen LogP contribution in [0.25, 0.3) is 0 Å². The van der Waals surface area contributed by atoms with Crippen LogP contribution in [0.3, 0.4) is 0 Å². The number of rotatable bonds is 3. The molecule has 1 heterocycles. The Morgan fingerprint density at radius 1 is 1.29 bits per heavy atom. The molecule has 0 radical (unpaired) electrons. The van der Waals surface area contributed by atoms with Crippen LogP contribution in [-0.2, 0) is 9.59 Å². The van der Waals surface area contributed by atoms with Gasteiger partial charge in [0.1, 0.15) is 12.1 Å². The van der Waals surface area contributed by atoms with Crippen LogP contribution < -0.4 is 5.32 Å². The molecule has 0 aromatic rings. The normalized spacial score (nSPS) is 32.0. The van der Waals surface area contributed by atoms with Crippen molar-refractivity contribution in [2.75, 3.05) is 0 Å². The van der Waals surface area contributed by atoms with Crippen LogP contribution >= 0.6 is 0 Å². The Bertz CT molecular complexity index is 409.